The zero-order valence-electron chi connectivity index (χ0n) is 11.4. The first kappa shape index (κ1) is 14.3. The second-order valence-corrected chi connectivity index (χ2v) is 5.25. The van der Waals surface area contributed by atoms with Crippen LogP contribution in [-0.2, 0) is 14.4 Å². The molecule has 2 heterocycles. The molecule has 8 nitrogen and oxygen atoms in total. The van der Waals surface area contributed by atoms with Gasteiger partial charge in [0.1, 0.15) is 19.1 Å². The highest BCUT2D eigenvalue weighted by atomic mass is 16.4. The molecule has 0 bridgehead atoms. The predicted octanol–water partition coefficient (Wildman–Crippen LogP) is -0.798. The molecular formula is C12H17N3O5. The van der Waals surface area contributed by atoms with Gasteiger partial charge in [-0.25, -0.2) is 9.59 Å². The third-order valence-electron chi connectivity index (χ3n) is 3.80. The zero-order chi connectivity index (χ0) is 15.0. The molecule has 0 aliphatic carbocycles. The number of imide groups is 1. The second-order valence-electron chi connectivity index (χ2n) is 5.25. The van der Waals surface area contributed by atoms with Crippen molar-refractivity contribution in [1.29, 1.82) is 0 Å². The molecule has 110 valence electrons. The van der Waals surface area contributed by atoms with Crippen LogP contribution in [0.5, 0.6) is 0 Å². The summed E-state index contributed by atoms with van der Waals surface area (Å²) in [5, 5.41) is 9.16. The van der Waals surface area contributed by atoms with Crippen LogP contribution in [0.25, 0.3) is 0 Å². The molecule has 0 aromatic heterocycles. The van der Waals surface area contributed by atoms with E-state index >= 15 is 0 Å². The van der Waals surface area contributed by atoms with Crippen molar-refractivity contribution in [1.82, 2.24) is 14.7 Å². The molecule has 2 atom stereocenters. The van der Waals surface area contributed by atoms with E-state index in [2.05, 4.69) is 0 Å². The minimum absolute atomic E-state index is 0.0507. The summed E-state index contributed by atoms with van der Waals surface area (Å²) in [6, 6.07) is -1.41. The molecule has 20 heavy (non-hydrogen) atoms. The number of carbonyl (C=O) groups excluding carboxylic acids is 3. The molecule has 0 aromatic carbocycles. The largest absolute Gasteiger partial charge is 0.480 e. The Morgan fingerprint density at radius 3 is 2.50 bits per heavy atom. The Morgan fingerprint density at radius 1 is 1.35 bits per heavy atom. The summed E-state index contributed by atoms with van der Waals surface area (Å²) in [5.74, 6) is -2.13. The van der Waals surface area contributed by atoms with E-state index < -0.39 is 36.4 Å². The van der Waals surface area contributed by atoms with E-state index in [-0.39, 0.29) is 12.5 Å². The number of amides is 4. The van der Waals surface area contributed by atoms with E-state index in [1.807, 2.05) is 0 Å². The van der Waals surface area contributed by atoms with Gasteiger partial charge in [0, 0.05) is 13.6 Å². The number of carbonyl (C=O) groups is 4. The molecule has 2 unspecified atom stereocenters. The summed E-state index contributed by atoms with van der Waals surface area (Å²) in [7, 11) is 1.47. The minimum atomic E-state index is -1.06. The molecule has 2 aliphatic heterocycles. The van der Waals surface area contributed by atoms with Crippen molar-refractivity contribution in [3.05, 3.63) is 0 Å². The van der Waals surface area contributed by atoms with E-state index in [4.69, 9.17) is 5.11 Å². The van der Waals surface area contributed by atoms with Crippen LogP contribution < -0.4 is 0 Å². The maximum absolute atomic E-state index is 12.2. The fraction of sp³-hybridized carbons (Fsp3) is 0.667. The lowest BCUT2D eigenvalue weighted by Gasteiger charge is -2.25. The van der Waals surface area contributed by atoms with E-state index in [0.29, 0.717) is 13.0 Å². The molecule has 0 aromatic rings. The molecule has 8 heteroatoms. The van der Waals surface area contributed by atoms with Crippen LogP contribution in [-0.4, -0.2) is 76.3 Å². The van der Waals surface area contributed by atoms with Crippen molar-refractivity contribution in [2.75, 3.05) is 26.7 Å². The fourth-order valence-corrected chi connectivity index (χ4v) is 2.65. The SMILES string of the molecule is CC1CCN(C(=O)CN2C(=O)CN(C)C2=O)C1C(=O)O. The normalized spacial score (nSPS) is 26.6. The number of likely N-dealkylation sites (N-methyl/N-ethyl adjacent to an activating group) is 1. The number of hydrogen-bond donors (Lipinski definition) is 1. The van der Waals surface area contributed by atoms with Crippen molar-refractivity contribution in [2.45, 2.75) is 19.4 Å². The quantitative estimate of drug-likeness (QED) is 0.684. The van der Waals surface area contributed by atoms with Gasteiger partial charge in [-0.05, 0) is 12.3 Å². The van der Waals surface area contributed by atoms with Crippen LogP contribution in [0.3, 0.4) is 0 Å². The molecule has 2 saturated heterocycles. The fourth-order valence-electron chi connectivity index (χ4n) is 2.65. The molecule has 0 spiro atoms. The molecule has 0 saturated carbocycles. The Balaban J connectivity index is 2.07. The number of rotatable bonds is 3. The first-order chi connectivity index (χ1) is 9.32. The summed E-state index contributed by atoms with van der Waals surface area (Å²) in [6.45, 7) is 1.67. The van der Waals surface area contributed by atoms with Crippen LogP contribution in [0.2, 0.25) is 0 Å². The molecule has 4 amide bonds. The average Bonchev–Trinajstić information content (AvgIpc) is 2.85. The monoisotopic (exact) mass is 283 g/mol. The van der Waals surface area contributed by atoms with Crippen LogP contribution in [0, 0.1) is 5.92 Å². The van der Waals surface area contributed by atoms with Crippen LogP contribution in [0.1, 0.15) is 13.3 Å². The van der Waals surface area contributed by atoms with Crippen molar-refractivity contribution in [3.63, 3.8) is 0 Å². The smallest absolute Gasteiger partial charge is 0.327 e. The van der Waals surface area contributed by atoms with Crippen LogP contribution in [0.4, 0.5) is 4.79 Å². The van der Waals surface area contributed by atoms with Crippen LogP contribution >= 0.6 is 0 Å². The van der Waals surface area contributed by atoms with Crippen LogP contribution in [0.15, 0.2) is 0 Å². The molecule has 2 aliphatic rings. The predicted molar refractivity (Wildman–Crippen MR) is 66.7 cm³/mol. The number of nitrogens with zero attached hydrogens (tertiary/aromatic N) is 3. The highest BCUT2D eigenvalue weighted by Crippen LogP contribution is 2.24. The van der Waals surface area contributed by atoms with Gasteiger partial charge >= 0.3 is 12.0 Å². The average molecular weight is 283 g/mol. The topological polar surface area (TPSA) is 98.2 Å². The van der Waals surface area contributed by atoms with Gasteiger partial charge in [0.25, 0.3) is 5.91 Å². The Morgan fingerprint density at radius 2 is 2.00 bits per heavy atom. The van der Waals surface area contributed by atoms with E-state index in [1.54, 1.807) is 6.92 Å². The highest BCUT2D eigenvalue weighted by Gasteiger charge is 2.42. The molecule has 1 N–H and O–H groups in total. The van der Waals surface area contributed by atoms with Gasteiger partial charge in [0.2, 0.25) is 5.91 Å². The maximum Gasteiger partial charge on any atom is 0.327 e. The van der Waals surface area contributed by atoms with Crippen molar-refractivity contribution < 1.29 is 24.3 Å². The van der Waals surface area contributed by atoms with Gasteiger partial charge in [0.05, 0.1) is 0 Å². The Bertz CT molecular complexity index is 478. The van der Waals surface area contributed by atoms with Gasteiger partial charge in [0.15, 0.2) is 0 Å². The third kappa shape index (κ3) is 2.33. The Kier molecular flexibility index (Phi) is 3.65. The number of carboxylic acids is 1. The van der Waals surface area contributed by atoms with E-state index in [9.17, 15) is 19.2 Å². The number of hydrogen-bond acceptors (Lipinski definition) is 4. The summed E-state index contributed by atoms with van der Waals surface area (Å²) in [6.07, 6.45) is 0.602. The maximum atomic E-state index is 12.2. The summed E-state index contributed by atoms with van der Waals surface area (Å²) >= 11 is 0. The standard InChI is InChI=1S/C12H17N3O5/c1-7-3-4-14(10(7)11(18)19)9(17)6-15-8(16)5-13(2)12(15)20/h7,10H,3-6H2,1-2H3,(H,18,19). The Labute approximate surface area is 115 Å². The molecule has 0 radical (unpaired) electrons. The zero-order valence-corrected chi connectivity index (χ0v) is 11.4. The number of aliphatic carboxylic acids is 1. The summed E-state index contributed by atoms with van der Waals surface area (Å²) in [5.41, 5.74) is 0. The minimum Gasteiger partial charge on any atom is -0.480 e. The Hall–Kier alpha value is -2.12. The lowest BCUT2D eigenvalue weighted by Crippen LogP contribution is -2.48. The van der Waals surface area contributed by atoms with E-state index in [1.165, 1.54) is 16.8 Å². The van der Waals surface area contributed by atoms with E-state index in [0.717, 1.165) is 4.90 Å². The number of carboxylic acid groups (broad SMARTS) is 1. The van der Waals surface area contributed by atoms with Gasteiger partial charge in [-0.2, -0.15) is 0 Å². The lowest BCUT2D eigenvalue weighted by molar-refractivity contribution is -0.150. The first-order valence-electron chi connectivity index (χ1n) is 6.40. The number of likely N-dealkylation sites (tertiary alicyclic amines) is 1. The highest BCUT2D eigenvalue weighted by molar-refractivity contribution is 6.04. The van der Waals surface area contributed by atoms with Gasteiger partial charge < -0.3 is 14.9 Å². The van der Waals surface area contributed by atoms with Gasteiger partial charge in [-0.3, -0.25) is 14.5 Å². The summed E-state index contributed by atoms with van der Waals surface area (Å²) in [4.78, 5) is 50.0. The molecule has 2 fully saturated rings. The molecular weight excluding hydrogens is 266 g/mol. The van der Waals surface area contributed by atoms with Crippen molar-refractivity contribution in [3.8, 4) is 0 Å². The second kappa shape index (κ2) is 5.10. The molecule has 2 rings (SSSR count). The van der Waals surface area contributed by atoms with Crippen molar-refractivity contribution in [2.24, 2.45) is 5.92 Å². The third-order valence-corrected chi connectivity index (χ3v) is 3.80. The van der Waals surface area contributed by atoms with Gasteiger partial charge in [-0.1, -0.05) is 6.92 Å². The lowest BCUT2D eigenvalue weighted by atomic mass is 10.0. The summed E-state index contributed by atoms with van der Waals surface area (Å²) < 4.78 is 0. The van der Waals surface area contributed by atoms with Crippen molar-refractivity contribution >= 4 is 23.8 Å². The first-order valence-corrected chi connectivity index (χ1v) is 6.40. The number of urea groups is 1. The van der Waals surface area contributed by atoms with Gasteiger partial charge in [-0.15, -0.1) is 0 Å².